The predicted molar refractivity (Wildman–Crippen MR) is 252 cm³/mol. The van der Waals surface area contributed by atoms with Gasteiger partial charge in [0.15, 0.2) is 6.10 Å². The quantitative estimate of drug-likeness (QED) is 0.0200. The number of likely N-dealkylation sites (N-methyl/N-ethyl adjacent to an activating group) is 1. The lowest BCUT2D eigenvalue weighted by Gasteiger charge is -2.28. The van der Waals surface area contributed by atoms with E-state index in [1.54, 1.807) is 0 Å². The van der Waals surface area contributed by atoms with Gasteiger partial charge in [-0.25, -0.2) is 0 Å². The van der Waals surface area contributed by atoms with Crippen molar-refractivity contribution in [3.8, 4) is 0 Å². The molecule has 0 saturated carbocycles. The number of ether oxygens (including phenoxy) is 2. The van der Waals surface area contributed by atoms with E-state index in [0.29, 0.717) is 17.4 Å². The number of carbonyl (C=O) groups excluding carboxylic acids is 2. The van der Waals surface area contributed by atoms with Crippen LogP contribution < -0.4 is 4.89 Å². The van der Waals surface area contributed by atoms with Gasteiger partial charge in [-0.3, -0.25) is 14.2 Å². The van der Waals surface area contributed by atoms with Gasteiger partial charge in [0, 0.05) is 12.8 Å². The van der Waals surface area contributed by atoms with Crippen molar-refractivity contribution in [3.05, 3.63) is 97.2 Å². The highest BCUT2D eigenvalue weighted by atomic mass is 31.2. The molecule has 0 aromatic carbocycles. The lowest BCUT2D eigenvalue weighted by atomic mass is 10.0. The zero-order chi connectivity index (χ0) is 46.0. The molecule has 0 amide bonds. The monoisotopic (exact) mass is 890 g/mol. The molecule has 354 valence electrons. The van der Waals surface area contributed by atoms with E-state index in [4.69, 9.17) is 18.5 Å². The maximum atomic E-state index is 12.7. The van der Waals surface area contributed by atoms with Gasteiger partial charge in [0.2, 0.25) is 0 Å². The summed E-state index contributed by atoms with van der Waals surface area (Å²) in [5, 5.41) is 20.7. The highest BCUT2D eigenvalue weighted by Gasteiger charge is 2.22. The number of phosphoric ester groups is 1. The molecule has 0 bridgehead atoms. The van der Waals surface area contributed by atoms with E-state index < -0.39 is 51.3 Å². The van der Waals surface area contributed by atoms with Gasteiger partial charge >= 0.3 is 11.9 Å². The Balaban J connectivity index is 4.65. The number of aliphatic hydroxyl groups excluding tert-OH is 2. The molecule has 11 nitrogen and oxygen atoms in total. The van der Waals surface area contributed by atoms with Crippen LogP contribution in [0, 0.1) is 0 Å². The largest absolute Gasteiger partial charge is 0.756 e. The Labute approximate surface area is 376 Å². The molecule has 0 aromatic rings. The number of carbonyl (C=O) groups is 2. The minimum Gasteiger partial charge on any atom is -0.756 e. The molecule has 0 aromatic heterocycles. The number of unbranched alkanes of at least 4 members (excludes halogenated alkanes) is 6. The molecule has 0 rings (SSSR count). The lowest BCUT2D eigenvalue weighted by molar-refractivity contribution is -0.870. The Bertz CT molecular complexity index is 1410. The Morgan fingerprint density at radius 2 is 1.10 bits per heavy atom. The number of rotatable bonds is 40. The van der Waals surface area contributed by atoms with Crippen LogP contribution in [0.5, 0.6) is 0 Å². The van der Waals surface area contributed by atoms with Gasteiger partial charge in [0.05, 0.1) is 40.0 Å². The summed E-state index contributed by atoms with van der Waals surface area (Å²) < 4.78 is 33.7. The third-order valence-electron chi connectivity index (χ3n) is 9.29. The van der Waals surface area contributed by atoms with Gasteiger partial charge in [-0.2, -0.15) is 0 Å². The summed E-state index contributed by atoms with van der Waals surface area (Å²) in [4.78, 5) is 37.7. The molecule has 0 heterocycles. The smallest absolute Gasteiger partial charge is 0.306 e. The summed E-state index contributed by atoms with van der Waals surface area (Å²) in [6.45, 7) is 3.68. The number of nitrogens with zero attached hydrogens (tertiary/aromatic N) is 1. The van der Waals surface area contributed by atoms with E-state index in [0.717, 1.165) is 70.6 Å². The van der Waals surface area contributed by atoms with Crippen LogP contribution in [-0.4, -0.2) is 92.5 Å². The molecule has 0 aliphatic heterocycles. The summed E-state index contributed by atoms with van der Waals surface area (Å²) in [6.07, 6.45) is 46.1. The first-order valence-corrected chi connectivity index (χ1v) is 24.6. The SMILES string of the molecule is CC/C=C\C/C=C\C/C=C\C/C=C\C/C=C\CCCCCC(=O)O[C@H](COC(=O)CCCC(O)C(O)C/C=C\C/C=C\C/C=C\CCCCC)COP(=O)([O-])OCC[N+](C)(C)C. The van der Waals surface area contributed by atoms with Crippen LogP contribution in [0.4, 0.5) is 0 Å². The van der Waals surface area contributed by atoms with Gasteiger partial charge in [0.1, 0.15) is 19.8 Å². The molecule has 12 heteroatoms. The Hall–Kier alpha value is -3.15. The maximum Gasteiger partial charge on any atom is 0.306 e. The molecule has 0 aliphatic rings. The molecule has 0 fully saturated rings. The molecule has 3 unspecified atom stereocenters. The normalized spacial score (nSPS) is 15.4. The zero-order valence-corrected chi connectivity index (χ0v) is 39.9. The summed E-state index contributed by atoms with van der Waals surface area (Å²) in [6, 6.07) is 0. The predicted octanol–water partition coefficient (Wildman–Crippen LogP) is 10.7. The third kappa shape index (κ3) is 42.2. The molecule has 2 N–H and O–H groups in total. The van der Waals surface area contributed by atoms with Crippen LogP contribution in [0.25, 0.3) is 0 Å². The molecule has 0 radical (unpaired) electrons. The molecule has 4 atom stereocenters. The van der Waals surface area contributed by atoms with Crippen LogP contribution in [0.3, 0.4) is 0 Å². The van der Waals surface area contributed by atoms with Crippen molar-refractivity contribution in [3.63, 3.8) is 0 Å². The van der Waals surface area contributed by atoms with Crippen molar-refractivity contribution in [2.45, 2.75) is 161 Å². The lowest BCUT2D eigenvalue weighted by Crippen LogP contribution is -2.37. The van der Waals surface area contributed by atoms with Gasteiger partial charge in [0.25, 0.3) is 7.82 Å². The number of hydrogen-bond acceptors (Lipinski definition) is 10. The van der Waals surface area contributed by atoms with E-state index in [1.807, 2.05) is 33.3 Å². The summed E-state index contributed by atoms with van der Waals surface area (Å²) >= 11 is 0. The first-order chi connectivity index (χ1) is 29.8. The minimum atomic E-state index is -4.71. The third-order valence-corrected chi connectivity index (χ3v) is 10.3. The van der Waals surface area contributed by atoms with Crippen LogP contribution in [0.15, 0.2) is 97.2 Å². The Kier molecular flexibility index (Phi) is 38.5. The van der Waals surface area contributed by atoms with Crippen LogP contribution in [0.2, 0.25) is 0 Å². The summed E-state index contributed by atoms with van der Waals surface area (Å²) in [7, 11) is 0.971. The van der Waals surface area contributed by atoms with E-state index in [1.165, 1.54) is 19.3 Å². The minimum absolute atomic E-state index is 0.0505. The van der Waals surface area contributed by atoms with Crippen LogP contribution in [0.1, 0.15) is 142 Å². The molecular formula is C50H84NO10P. The van der Waals surface area contributed by atoms with E-state index >= 15 is 0 Å². The fraction of sp³-hybridized carbons (Fsp3) is 0.640. The van der Waals surface area contributed by atoms with E-state index in [2.05, 4.69) is 98.9 Å². The number of esters is 2. The summed E-state index contributed by atoms with van der Waals surface area (Å²) in [5.41, 5.74) is 0. The highest BCUT2D eigenvalue weighted by Crippen LogP contribution is 2.38. The first-order valence-electron chi connectivity index (χ1n) is 23.1. The average molecular weight is 890 g/mol. The topological polar surface area (TPSA) is 152 Å². The zero-order valence-electron chi connectivity index (χ0n) is 39.0. The van der Waals surface area contributed by atoms with Gasteiger partial charge in [-0.15, -0.1) is 0 Å². The second kappa shape index (κ2) is 40.6. The number of hydrogen-bond donors (Lipinski definition) is 2. The number of quaternary nitrogens is 1. The van der Waals surface area contributed by atoms with Crippen LogP contribution in [-0.2, 0) is 32.7 Å². The molecular weight excluding hydrogens is 806 g/mol. The fourth-order valence-corrected chi connectivity index (χ4v) is 6.28. The molecule has 62 heavy (non-hydrogen) atoms. The second-order valence-electron chi connectivity index (χ2n) is 16.3. The molecule has 0 spiro atoms. The van der Waals surface area contributed by atoms with Crippen LogP contribution >= 0.6 is 7.82 Å². The van der Waals surface area contributed by atoms with E-state index in [9.17, 15) is 29.3 Å². The number of allylic oxidation sites excluding steroid dienone is 15. The van der Waals surface area contributed by atoms with Gasteiger partial charge in [-0.1, -0.05) is 130 Å². The van der Waals surface area contributed by atoms with Crippen molar-refractivity contribution >= 4 is 19.8 Å². The van der Waals surface area contributed by atoms with Crippen molar-refractivity contribution in [1.29, 1.82) is 0 Å². The highest BCUT2D eigenvalue weighted by molar-refractivity contribution is 7.45. The average Bonchev–Trinajstić information content (AvgIpc) is 3.22. The standard InChI is InChI=1S/C50H84NO10P/c1-6-8-10-12-14-16-18-20-21-22-23-24-25-26-28-30-32-34-36-40-50(55)61-46(45-60-62(56,57)59-43-42-51(3,4)5)44-58-49(54)41-37-39-48(53)47(52)38-35-33-31-29-27-19-17-15-13-11-9-7-2/h8,10,14-17,20-21,23-24,26-29,33,35,46-48,52-53H,6-7,9,11-13,18-19,22,25,30-32,34,36-45H2,1-5H3/b10-8-,16-14-,17-15-,21-20-,24-23-,28-26-,29-27-,35-33-/t46-,47?,48?/m1/s1. The van der Waals surface area contributed by atoms with Crippen molar-refractivity contribution in [2.75, 3.05) is 47.5 Å². The second-order valence-corrected chi connectivity index (χ2v) is 17.7. The molecule has 0 aliphatic carbocycles. The van der Waals surface area contributed by atoms with Gasteiger partial charge in [-0.05, 0) is 96.3 Å². The Morgan fingerprint density at radius 1 is 0.597 bits per heavy atom. The fourth-order valence-electron chi connectivity index (χ4n) is 5.55. The van der Waals surface area contributed by atoms with Crippen molar-refractivity contribution in [1.82, 2.24) is 0 Å². The maximum absolute atomic E-state index is 12.7. The van der Waals surface area contributed by atoms with Gasteiger partial charge < -0.3 is 38.1 Å². The summed E-state index contributed by atoms with van der Waals surface area (Å²) in [5.74, 6) is -1.17. The van der Waals surface area contributed by atoms with Crippen molar-refractivity contribution < 1.29 is 52.3 Å². The number of phosphoric acid groups is 1. The first kappa shape index (κ1) is 58.9. The Morgan fingerprint density at radius 3 is 1.63 bits per heavy atom. The van der Waals surface area contributed by atoms with Crippen molar-refractivity contribution in [2.24, 2.45) is 0 Å². The number of aliphatic hydroxyl groups is 2. The van der Waals surface area contributed by atoms with E-state index in [-0.39, 0.29) is 38.7 Å². The molecule has 0 saturated heterocycles.